The van der Waals surface area contributed by atoms with Gasteiger partial charge < -0.3 is 0 Å². The van der Waals surface area contributed by atoms with Crippen LogP contribution in [-0.4, -0.2) is 50.3 Å². The van der Waals surface area contributed by atoms with Gasteiger partial charge in [-0.05, 0) is 76.0 Å². The molecule has 0 spiro atoms. The molecular weight excluding hydrogens is 384 g/mol. The highest BCUT2D eigenvalue weighted by Crippen LogP contribution is 2.60. The largest absolute Gasteiger partial charge is 0.335 e. The minimum absolute atomic E-state index is 0.0711. The van der Waals surface area contributed by atoms with Gasteiger partial charge in [-0.2, -0.15) is 0 Å². The number of urea groups is 1. The molecule has 1 heterocycles. The molecule has 0 aromatic rings. The molecule has 8 saturated carbocycles. The van der Waals surface area contributed by atoms with Gasteiger partial charge in [0.05, 0.1) is 11.1 Å². The van der Waals surface area contributed by atoms with E-state index in [0.29, 0.717) is 49.1 Å². The van der Waals surface area contributed by atoms with Crippen molar-refractivity contribution in [3.63, 3.8) is 0 Å². The van der Waals surface area contributed by atoms with Crippen molar-refractivity contribution in [1.29, 1.82) is 0 Å². The summed E-state index contributed by atoms with van der Waals surface area (Å²) < 4.78 is 0. The van der Waals surface area contributed by atoms with E-state index in [2.05, 4.69) is 0 Å². The highest BCUT2D eigenvalue weighted by Gasteiger charge is 2.68. The molecule has 0 aromatic heterocycles. The average Bonchev–Trinajstić information content (AvgIpc) is 2.92. The first kappa shape index (κ1) is 17.6. The Bertz CT molecular complexity index is 845. The molecule has 7 heteroatoms. The molecule has 8 aliphatic carbocycles. The van der Waals surface area contributed by atoms with Gasteiger partial charge in [0, 0.05) is 23.7 Å². The summed E-state index contributed by atoms with van der Waals surface area (Å²) in [6.45, 7) is 0. The summed E-state index contributed by atoms with van der Waals surface area (Å²) in [5, 5.41) is 0. The van der Waals surface area contributed by atoms with Crippen molar-refractivity contribution in [2.75, 3.05) is 0 Å². The van der Waals surface area contributed by atoms with Crippen LogP contribution in [0.15, 0.2) is 0 Å². The predicted molar refractivity (Wildman–Crippen MR) is 102 cm³/mol. The molecular formula is C23H26N2O5. The molecule has 7 nitrogen and oxygen atoms in total. The second-order valence-corrected chi connectivity index (χ2v) is 11.5. The van der Waals surface area contributed by atoms with Crippen LogP contribution in [0.25, 0.3) is 0 Å². The summed E-state index contributed by atoms with van der Waals surface area (Å²) in [5.74, 6) is -0.364. The number of nitrogens with zero attached hydrogens (tertiary/aromatic N) is 2. The maximum absolute atomic E-state index is 13.8. The number of carbonyl (C=O) groups excluding carboxylic acids is 5. The van der Waals surface area contributed by atoms with Gasteiger partial charge in [-0.25, -0.2) is 14.6 Å². The molecule has 4 amide bonds. The normalized spacial score (nSPS) is 51.1. The first-order valence-electron chi connectivity index (χ1n) is 11.6. The van der Waals surface area contributed by atoms with Crippen molar-refractivity contribution in [3.8, 4) is 0 Å². The molecule has 1 aliphatic heterocycles. The molecule has 4 atom stereocenters. The van der Waals surface area contributed by atoms with Gasteiger partial charge in [0.25, 0.3) is 0 Å². The Morgan fingerprint density at radius 1 is 0.533 bits per heavy atom. The zero-order chi connectivity index (χ0) is 20.6. The maximum atomic E-state index is 13.8. The van der Waals surface area contributed by atoms with Crippen molar-refractivity contribution < 1.29 is 24.0 Å². The fourth-order valence-corrected chi connectivity index (χ4v) is 9.26. The Hall–Kier alpha value is -2.05. The molecule has 1 saturated heterocycles. The van der Waals surface area contributed by atoms with Gasteiger partial charge in [0.1, 0.15) is 11.6 Å². The van der Waals surface area contributed by atoms with E-state index in [0.717, 1.165) is 38.5 Å². The quantitative estimate of drug-likeness (QED) is 0.513. The number of hydrogen-bond donors (Lipinski definition) is 0. The molecule has 30 heavy (non-hydrogen) atoms. The van der Waals surface area contributed by atoms with Crippen LogP contribution in [0.2, 0.25) is 0 Å². The smallest absolute Gasteiger partial charge is 0.299 e. The average molecular weight is 410 g/mol. The number of hydrogen-bond acceptors (Lipinski definition) is 5. The van der Waals surface area contributed by atoms with Gasteiger partial charge in [-0.1, -0.05) is 0 Å². The van der Waals surface area contributed by atoms with Crippen molar-refractivity contribution >= 4 is 29.4 Å². The molecule has 9 fully saturated rings. The molecule has 158 valence electrons. The molecule has 9 aliphatic rings. The van der Waals surface area contributed by atoms with Crippen molar-refractivity contribution in [2.24, 2.45) is 35.5 Å². The minimum Gasteiger partial charge on any atom is -0.299 e. The fourth-order valence-electron chi connectivity index (χ4n) is 9.26. The first-order chi connectivity index (χ1) is 14.3. The summed E-state index contributed by atoms with van der Waals surface area (Å²) in [5.41, 5.74) is -1.33. The van der Waals surface area contributed by atoms with E-state index in [1.165, 1.54) is 9.80 Å². The highest BCUT2D eigenvalue weighted by molar-refractivity contribution is 6.45. The van der Waals surface area contributed by atoms with E-state index in [-0.39, 0.29) is 23.7 Å². The minimum atomic E-state index is -0.698. The number of imide groups is 2. The molecule has 4 unspecified atom stereocenters. The lowest BCUT2D eigenvalue weighted by Gasteiger charge is -2.59. The highest BCUT2D eigenvalue weighted by atomic mass is 16.2. The molecule has 8 bridgehead atoms. The number of Topliss-reactive ketones (excluding diaryl/α,β-unsaturated/α-hetero) is 2. The van der Waals surface area contributed by atoms with Gasteiger partial charge in [-0.3, -0.25) is 19.2 Å². The Morgan fingerprint density at radius 3 is 1.20 bits per heavy atom. The van der Waals surface area contributed by atoms with Crippen LogP contribution in [0.3, 0.4) is 0 Å². The number of rotatable bonds is 2. The lowest BCUT2D eigenvalue weighted by atomic mass is 9.51. The molecule has 0 N–H and O–H groups in total. The van der Waals surface area contributed by atoms with Crippen LogP contribution in [0, 0.1) is 35.5 Å². The number of amides is 4. The van der Waals surface area contributed by atoms with E-state index in [1.807, 2.05) is 0 Å². The molecule has 0 aromatic carbocycles. The van der Waals surface area contributed by atoms with Crippen molar-refractivity contribution in [1.82, 2.24) is 9.80 Å². The number of carbonyl (C=O) groups is 5. The van der Waals surface area contributed by atoms with Crippen LogP contribution < -0.4 is 0 Å². The summed E-state index contributed by atoms with van der Waals surface area (Å²) in [7, 11) is 0. The standard InChI is InChI=1S/C23H26N2O5/c26-17-13-1-11-2-14(17)8-22(5-11,7-13)24-19(28)20(29)25(21(24)30)23-6-12-3-15(9-23)18(27)16(4-12)10-23/h11-16H,1-10H2. The van der Waals surface area contributed by atoms with Crippen LogP contribution in [0.1, 0.15) is 64.2 Å². The van der Waals surface area contributed by atoms with Gasteiger partial charge >= 0.3 is 17.8 Å². The Balaban J connectivity index is 1.27. The Labute approximate surface area is 174 Å². The molecule has 0 radical (unpaired) electrons. The lowest BCUT2D eigenvalue weighted by Crippen LogP contribution is -2.66. The Morgan fingerprint density at radius 2 is 0.867 bits per heavy atom. The van der Waals surface area contributed by atoms with E-state index in [1.54, 1.807) is 0 Å². The maximum Gasteiger partial charge on any atom is 0.335 e. The van der Waals surface area contributed by atoms with Gasteiger partial charge in [0.15, 0.2) is 0 Å². The topological polar surface area (TPSA) is 91.8 Å². The van der Waals surface area contributed by atoms with Crippen molar-refractivity contribution in [2.45, 2.75) is 75.3 Å². The Kier molecular flexibility index (Phi) is 3.07. The van der Waals surface area contributed by atoms with Crippen LogP contribution in [0.5, 0.6) is 0 Å². The second-order valence-electron chi connectivity index (χ2n) is 11.5. The van der Waals surface area contributed by atoms with Gasteiger partial charge in [-0.15, -0.1) is 0 Å². The van der Waals surface area contributed by atoms with E-state index in [9.17, 15) is 24.0 Å². The summed E-state index contributed by atoms with van der Waals surface area (Å²) in [6, 6.07) is -0.464. The lowest BCUT2D eigenvalue weighted by molar-refractivity contribution is -0.159. The fraction of sp³-hybridized carbons (Fsp3) is 0.783. The van der Waals surface area contributed by atoms with Crippen LogP contribution >= 0.6 is 0 Å². The number of ketones is 2. The van der Waals surface area contributed by atoms with E-state index >= 15 is 0 Å². The van der Waals surface area contributed by atoms with E-state index in [4.69, 9.17) is 0 Å². The summed E-state index contributed by atoms with van der Waals surface area (Å²) >= 11 is 0. The third-order valence-electron chi connectivity index (χ3n) is 9.84. The zero-order valence-electron chi connectivity index (χ0n) is 17.0. The zero-order valence-corrected chi connectivity index (χ0v) is 17.0. The SMILES string of the molecule is O=C1C2CC3CC1CC(N1C(=O)C(=O)N(C45CC6CC(C4)C(=O)C(C6)C5)C1=O)(C3)C2. The van der Waals surface area contributed by atoms with Crippen LogP contribution in [0.4, 0.5) is 4.79 Å². The third-order valence-corrected chi connectivity index (χ3v) is 9.84. The third kappa shape index (κ3) is 1.91. The predicted octanol–water partition coefficient (Wildman–Crippen LogP) is 2.07. The van der Waals surface area contributed by atoms with Crippen molar-refractivity contribution in [3.05, 3.63) is 0 Å². The van der Waals surface area contributed by atoms with Crippen LogP contribution in [-0.2, 0) is 19.2 Å². The van der Waals surface area contributed by atoms with Gasteiger partial charge in [0.2, 0.25) is 0 Å². The summed E-state index contributed by atoms with van der Waals surface area (Å²) in [6.07, 6.45) is 7.01. The summed E-state index contributed by atoms with van der Waals surface area (Å²) in [4.78, 5) is 68.0. The molecule has 9 rings (SSSR count). The second kappa shape index (κ2) is 5.22. The first-order valence-corrected chi connectivity index (χ1v) is 11.6. The van der Waals surface area contributed by atoms with E-state index < -0.39 is 28.9 Å². The monoisotopic (exact) mass is 410 g/mol.